The number of hydrogen-bond donors (Lipinski definition) is 2. The molecule has 2 N–H and O–H groups in total. The largest absolute Gasteiger partial charge is 0.352 e. The molecule has 0 radical (unpaired) electrons. The number of nitrogens with one attached hydrogen (secondary N) is 2. The Labute approximate surface area is 80.5 Å². The number of rotatable bonds is 2. The molecule has 5 heteroatoms. The zero-order valence-corrected chi connectivity index (χ0v) is 7.74. The SMILES string of the molecule is CCNC(=O)c1ccc2n[nH]nc2c1. The molecule has 1 aromatic carbocycles. The van der Waals surface area contributed by atoms with Crippen LogP contribution in [0.15, 0.2) is 18.2 Å². The van der Waals surface area contributed by atoms with E-state index >= 15 is 0 Å². The third-order valence-corrected chi connectivity index (χ3v) is 1.92. The number of benzene rings is 1. The van der Waals surface area contributed by atoms with Crippen LogP contribution in [0.5, 0.6) is 0 Å². The molecule has 1 amide bonds. The highest BCUT2D eigenvalue weighted by Gasteiger charge is 2.06. The minimum atomic E-state index is -0.0857. The van der Waals surface area contributed by atoms with Crippen LogP contribution >= 0.6 is 0 Å². The fourth-order valence-electron chi connectivity index (χ4n) is 1.24. The van der Waals surface area contributed by atoms with E-state index in [1.54, 1.807) is 18.2 Å². The molecule has 0 bridgehead atoms. The lowest BCUT2D eigenvalue weighted by Crippen LogP contribution is -2.22. The van der Waals surface area contributed by atoms with Crippen LogP contribution in [0.1, 0.15) is 17.3 Å². The maximum absolute atomic E-state index is 11.4. The molecule has 0 aliphatic heterocycles. The number of aromatic amines is 1. The van der Waals surface area contributed by atoms with Crippen molar-refractivity contribution in [3.05, 3.63) is 23.8 Å². The van der Waals surface area contributed by atoms with Crippen LogP contribution < -0.4 is 5.32 Å². The van der Waals surface area contributed by atoms with Gasteiger partial charge in [0.05, 0.1) is 0 Å². The first kappa shape index (κ1) is 8.68. The quantitative estimate of drug-likeness (QED) is 0.732. The van der Waals surface area contributed by atoms with Gasteiger partial charge in [-0.2, -0.15) is 15.4 Å². The number of nitrogens with zero attached hydrogens (tertiary/aromatic N) is 2. The van der Waals surface area contributed by atoms with Crippen molar-refractivity contribution in [2.75, 3.05) is 6.54 Å². The molecular weight excluding hydrogens is 180 g/mol. The molecule has 72 valence electrons. The van der Waals surface area contributed by atoms with Crippen LogP contribution in [0.3, 0.4) is 0 Å². The van der Waals surface area contributed by atoms with Crippen LogP contribution in [-0.4, -0.2) is 27.9 Å². The Hall–Kier alpha value is -1.91. The Morgan fingerprint density at radius 3 is 3.00 bits per heavy atom. The summed E-state index contributed by atoms with van der Waals surface area (Å²) in [6.45, 7) is 2.50. The first-order valence-corrected chi connectivity index (χ1v) is 4.40. The fourth-order valence-corrected chi connectivity index (χ4v) is 1.24. The van der Waals surface area contributed by atoms with Gasteiger partial charge in [-0.05, 0) is 25.1 Å². The Bertz CT molecular complexity index is 463. The van der Waals surface area contributed by atoms with Gasteiger partial charge in [0.1, 0.15) is 11.0 Å². The molecule has 0 saturated heterocycles. The minimum Gasteiger partial charge on any atom is -0.352 e. The van der Waals surface area contributed by atoms with E-state index in [0.29, 0.717) is 17.6 Å². The number of amides is 1. The molecule has 0 aliphatic rings. The van der Waals surface area contributed by atoms with Gasteiger partial charge in [0, 0.05) is 12.1 Å². The van der Waals surface area contributed by atoms with Gasteiger partial charge in [0.2, 0.25) is 0 Å². The molecule has 0 fully saturated rings. The van der Waals surface area contributed by atoms with E-state index < -0.39 is 0 Å². The zero-order chi connectivity index (χ0) is 9.97. The molecule has 0 aliphatic carbocycles. The second-order valence-corrected chi connectivity index (χ2v) is 2.89. The second kappa shape index (κ2) is 3.45. The molecular formula is C9H10N4O. The third kappa shape index (κ3) is 1.44. The number of H-pyrrole nitrogens is 1. The number of hydrogen-bond acceptors (Lipinski definition) is 3. The molecule has 0 atom stereocenters. The van der Waals surface area contributed by atoms with Crippen molar-refractivity contribution in [1.82, 2.24) is 20.7 Å². The maximum Gasteiger partial charge on any atom is 0.251 e. The molecule has 0 saturated carbocycles. The molecule has 2 rings (SSSR count). The Morgan fingerprint density at radius 2 is 2.21 bits per heavy atom. The van der Waals surface area contributed by atoms with Crippen molar-refractivity contribution >= 4 is 16.9 Å². The highest BCUT2D eigenvalue weighted by Crippen LogP contribution is 2.10. The smallest absolute Gasteiger partial charge is 0.251 e. The summed E-state index contributed by atoms with van der Waals surface area (Å²) in [6.07, 6.45) is 0. The van der Waals surface area contributed by atoms with Crippen LogP contribution in [0, 0.1) is 0 Å². The van der Waals surface area contributed by atoms with E-state index in [0.717, 1.165) is 5.52 Å². The average molecular weight is 190 g/mol. The lowest BCUT2D eigenvalue weighted by atomic mass is 10.2. The summed E-state index contributed by atoms with van der Waals surface area (Å²) < 4.78 is 0. The number of aromatic nitrogens is 3. The average Bonchev–Trinajstić information content (AvgIpc) is 2.64. The maximum atomic E-state index is 11.4. The third-order valence-electron chi connectivity index (χ3n) is 1.92. The number of carbonyl (C=O) groups is 1. The molecule has 5 nitrogen and oxygen atoms in total. The molecule has 1 aromatic heterocycles. The van der Waals surface area contributed by atoms with E-state index in [9.17, 15) is 4.79 Å². The van der Waals surface area contributed by atoms with Crippen molar-refractivity contribution in [3.8, 4) is 0 Å². The number of carbonyl (C=O) groups excluding carboxylic acids is 1. The molecule has 0 spiro atoms. The summed E-state index contributed by atoms with van der Waals surface area (Å²) >= 11 is 0. The van der Waals surface area contributed by atoms with Crippen LogP contribution in [0.2, 0.25) is 0 Å². The van der Waals surface area contributed by atoms with Gasteiger partial charge in [-0.1, -0.05) is 0 Å². The Balaban J connectivity index is 2.38. The number of fused-ring (bicyclic) bond motifs is 1. The topological polar surface area (TPSA) is 70.7 Å². The van der Waals surface area contributed by atoms with Crippen LogP contribution in [0.4, 0.5) is 0 Å². The van der Waals surface area contributed by atoms with Gasteiger partial charge in [-0.3, -0.25) is 4.79 Å². The zero-order valence-electron chi connectivity index (χ0n) is 7.74. The lowest BCUT2D eigenvalue weighted by Gasteiger charge is -2.00. The van der Waals surface area contributed by atoms with Crippen LogP contribution in [0.25, 0.3) is 11.0 Å². The minimum absolute atomic E-state index is 0.0857. The van der Waals surface area contributed by atoms with Gasteiger partial charge >= 0.3 is 0 Å². The van der Waals surface area contributed by atoms with E-state index in [2.05, 4.69) is 20.7 Å². The van der Waals surface area contributed by atoms with E-state index in [4.69, 9.17) is 0 Å². The van der Waals surface area contributed by atoms with Crippen LogP contribution in [-0.2, 0) is 0 Å². The summed E-state index contributed by atoms with van der Waals surface area (Å²) in [5.41, 5.74) is 2.07. The van der Waals surface area contributed by atoms with Crippen molar-refractivity contribution in [1.29, 1.82) is 0 Å². The van der Waals surface area contributed by atoms with Crippen molar-refractivity contribution in [3.63, 3.8) is 0 Å². The predicted molar refractivity (Wildman–Crippen MR) is 51.9 cm³/mol. The predicted octanol–water partition coefficient (Wildman–Crippen LogP) is 0.708. The Morgan fingerprint density at radius 1 is 1.43 bits per heavy atom. The first-order valence-electron chi connectivity index (χ1n) is 4.40. The van der Waals surface area contributed by atoms with Gasteiger partial charge in [-0.25, -0.2) is 0 Å². The monoisotopic (exact) mass is 190 g/mol. The van der Waals surface area contributed by atoms with Crippen molar-refractivity contribution in [2.45, 2.75) is 6.92 Å². The van der Waals surface area contributed by atoms with Gasteiger partial charge < -0.3 is 5.32 Å². The molecule has 14 heavy (non-hydrogen) atoms. The summed E-state index contributed by atoms with van der Waals surface area (Å²) in [7, 11) is 0. The van der Waals surface area contributed by atoms with Gasteiger partial charge in [-0.15, -0.1) is 0 Å². The normalized spacial score (nSPS) is 10.4. The summed E-state index contributed by atoms with van der Waals surface area (Å²) in [5.74, 6) is -0.0857. The van der Waals surface area contributed by atoms with Gasteiger partial charge in [0.15, 0.2) is 0 Å². The summed E-state index contributed by atoms with van der Waals surface area (Å²) in [5, 5.41) is 13.0. The van der Waals surface area contributed by atoms with E-state index in [1.807, 2.05) is 6.92 Å². The molecule has 2 aromatic rings. The van der Waals surface area contributed by atoms with E-state index in [-0.39, 0.29) is 5.91 Å². The summed E-state index contributed by atoms with van der Waals surface area (Å²) in [6, 6.07) is 5.21. The first-order chi connectivity index (χ1) is 6.81. The highest BCUT2D eigenvalue weighted by atomic mass is 16.1. The fraction of sp³-hybridized carbons (Fsp3) is 0.222. The van der Waals surface area contributed by atoms with Crippen molar-refractivity contribution < 1.29 is 4.79 Å². The second-order valence-electron chi connectivity index (χ2n) is 2.89. The van der Waals surface area contributed by atoms with E-state index in [1.165, 1.54) is 0 Å². The molecule has 1 heterocycles. The highest BCUT2D eigenvalue weighted by molar-refractivity contribution is 5.97. The molecule has 0 unspecified atom stereocenters. The summed E-state index contributed by atoms with van der Waals surface area (Å²) in [4.78, 5) is 11.4. The standard InChI is InChI=1S/C9H10N4O/c1-2-10-9(14)6-3-4-7-8(5-6)12-13-11-7/h3-5H,2H2,1H3,(H,10,14)(H,11,12,13). The van der Waals surface area contributed by atoms with Gasteiger partial charge in [0.25, 0.3) is 5.91 Å². The lowest BCUT2D eigenvalue weighted by molar-refractivity contribution is 0.0956. The Kier molecular flexibility index (Phi) is 2.14. The van der Waals surface area contributed by atoms with Crippen molar-refractivity contribution in [2.24, 2.45) is 0 Å².